The smallest absolute Gasteiger partial charge is 0.313 e. The molecule has 0 aromatic rings. The highest BCUT2D eigenvalue weighted by Gasteiger charge is 2.15. The van der Waals surface area contributed by atoms with Crippen LogP contribution in [0, 0.1) is 0 Å². The fraction of sp³-hybridized carbons (Fsp3) is 0.857. The number of hydrogen-bond donors (Lipinski definition) is 0. The molecular weight excluding hydrogens is 232 g/mol. The quantitative estimate of drug-likeness (QED) is 0.325. The average molecular weight is 258 g/mol. The molecule has 0 radical (unpaired) electrons. The second-order valence-electron chi connectivity index (χ2n) is 4.56. The molecule has 18 heavy (non-hydrogen) atoms. The summed E-state index contributed by atoms with van der Waals surface area (Å²) in [6, 6.07) is 0. The van der Waals surface area contributed by atoms with Crippen molar-refractivity contribution >= 4 is 11.8 Å². The first kappa shape index (κ1) is 17.1. The number of unbranched alkanes of at least 4 members (excludes halogenated alkanes) is 2. The average Bonchev–Trinajstić information content (AvgIpc) is 2.30. The van der Waals surface area contributed by atoms with Crippen molar-refractivity contribution in [1.29, 1.82) is 0 Å². The Morgan fingerprint density at radius 3 is 2.33 bits per heavy atom. The minimum Gasteiger partial charge on any atom is -0.460 e. The van der Waals surface area contributed by atoms with Crippen LogP contribution in [0.5, 0.6) is 0 Å². The number of Topliss-reactive ketones (excluding diaryl/α,β-unsaturated/α-hetero) is 1. The van der Waals surface area contributed by atoms with E-state index in [9.17, 15) is 9.59 Å². The van der Waals surface area contributed by atoms with Crippen LogP contribution >= 0.6 is 0 Å². The van der Waals surface area contributed by atoms with E-state index in [1.807, 2.05) is 0 Å². The number of hydrogen-bond acceptors (Lipinski definition) is 4. The number of esters is 1. The standard InChI is InChI=1S/C14H26O4/c1-4-6-8-13(11-17-9-7-5-2)18-14(16)10-12(3)15/h13H,4-11H2,1-3H3. The predicted octanol–water partition coefficient (Wildman–Crippen LogP) is 2.88. The third kappa shape index (κ3) is 10.3. The summed E-state index contributed by atoms with van der Waals surface area (Å²) in [7, 11) is 0. The van der Waals surface area contributed by atoms with Crippen molar-refractivity contribution in [2.24, 2.45) is 0 Å². The third-order valence-corrected chi connectivity index (χ3v) is 2.52. The molecule has 0 saturated heterocycles. The molecule has 0 fully saturated rings. The lowest BCUT2D eigenvalue weighted by Gasteiger charge is -2.17. The second-order valence-corrected chi connectivity index (χ2v) is 4.56. The summed E-state index contributed by atoms with van der Waals surface area (Å²) in [6.07, 6.45) is 4.59. The maximum Gasteiger partial charge on any atom is 0.313 e. The summed E-state index contributed by atoms with van der Waals surface area (Å²) in [5, 5.41) is 0. The lowest BCUT2D eigenvalue weighted by molar-refractivity contribution is -0.154. The molecule has 1 unspecified atom stereocenters. The molecule has 1 atom stereocenters. The van der Waals surface area contributed by atoms with Gasteiger partial charge in [-0.25, -0.2) is 0 Å². The summed E-state index contributed by atoms with van der Waals surface area (Å²) in [4.78, 5) is 22.2. The lowest BCUT2D eigenvalue weighted by atomic mass is 10.1. The van der Waals surface area contributed by atoms with Crippen molar-refractivity contribution in [2.75, 3.05) is 13.2 Å². The highest BCUT2D eigenvalue weighted by Crippen LogP contribution is 2.07. The van der Waals surface area contributed by atoms with E-state index in [-0.39, 0.29) is 18.3 Å². The zero-order valence-corrected chi connectivity index (χ0v) is 11.9. The van der Waals surface area contributed by atoms with E-state index < -0.39 is 5.97 Å². The number of ketones is 1. The summed E-state index contributed by atoms with van der Waals surface area (Å²) in [6.45, 7) is 6.71. The molecule has 0 N–H and O–H groups in total. The maximum absolute atomic E-state index is 11.4. The van der Waals surface area contributed by atoms with Crippen LogP contribution in [-0.4, -0.2) is 31.1 Å². The summed E-state index contributed by atoms with van der Waals surface area (Å²) < 4.78 is 10.7. The fourth-order valence-corrected chi connectivity index (χ4v) is 1.50. The van der Waals surface area contributed by atoms with Gasteiger partial charge in [0.05, 0.1) is 6.61 Å². The number of carbonyl (C=O) groups is 2. The Morgan fingerprint density at radius 1 is 1.11 bits per heavy atom. The van der Waals surface area contributed by atoms with Gasteiger partial charge in [0.15, 0.2) is 0 Å². The number of ether oxygens (including phenoxy) is 2. The molecule has 0 rings (SSSR count). The van der Waals surface area contributed by atoms with E-state index >= 15 is 0 Å². The lowest BCUT2D eigenvalue weighted by Crippen LogP contribution is -2.25. The topological polar surface area (TPSA) is 52.6 Å². The monoisotopic (exact) mass is 258 g/mol. The second kappa shape index (κ2) is 11.2. The van der Waals surface area contributed by atoms with E-state index in [2.05, 4.69) is 13.8 Å². The zero-order chi connectivity index (χ0) is 13.8. The van der Waals surface area contributed by atoms with Gasteiger partial charge in [-0.2, -0.15) is 0 Å². The molecule has 0 aromatic heterocycles. The first-order valence-electron chi connectivity index (χ1n) is 6.86. The Hall–Kier alpha value is -0.900. The van der Waals surface area contributed by atoms with Crippen LogP contribution in [0.15, 0.2) is 0 Å². The molecule has 0 aliphatic heterocycles. The highest BCUT2D eigenvalue weighted by molar-refractivity contribution is 5.94. The van der Waals surface area contributed by atoms with Crippen molar-refractivity contribution in [2.45, 2.75) is 65.4 Å². The first-order chi connectivity index (χ1) is 8.60. The zero-order valence-electron chi connectivity index (χ0n) is 11.9. The number of carbonyl (C=O) groups excluding carboxylic acids is 2. The van der Waals surface area contributed by atoms with Crippen molar-refractivity contribution in [3.63, 3.8) is 0 Å². The predicted molar refractivity (Wildman–Crippen MR) is 70.4 cm³/mol. The van der Waals surface area contributed by atoms with Crippen LogP contribution in [0.3, 0.4) is 0 Å². The van der Waals surface area contributed by atoms with Gasteiger partial charge in [0.1, 0.15) is 18.3 Å². The molecular formula is C14H26O4. The van der Waals surface area contributed by atoms with Crippen LogP contribution < -0.4 is 0 Å². The molecule has 0 spiro atoms. The number of rotatable bonds is 11. The van der Waals surface area contributed by atoms with E-state index in [4.69, 9.17) is 9.47 Å². The summed E-state index contributed by atoms with van der Waals surface area (Å²) >= 11 is 0. The molecule has 0 bridgehead atoms. The first-order valence-corrected chi connectivity index (χ1v) is 6.86. The van der Waals surface area contributed by atoms with Gasteiger partial charge in [-0.1, -0.05) is 26.7 Å². The third-order valence-electron chi connectivity index (χ3n) is 2.52. The molecule has 0 amide bonds. The van der Waals surface area contributed by atoms with Gasteiger partial charge in [-0.3, -0.25) is 9.59 Å². The van der Waals surface area contributed by atoms with Crippen molar-refractivity contribution < 1.29 is 19.1 Å². The van der Waals surface area contributed by atoms with Crippen LogP contribution in [0.2, 0.25) is 0 Å². The highest BCUT2D eigenvalue weighted by atomic mass is 16.6. The van der Waals surface area contributed by atoms with Crippen LogP contribution in [0.1, 0.15) is 59.3 Å². The van der Waals surface area contributed by atoms with Crippen molar-refractivity contribution in [1.82, 2.24) is 0 Å². The van der Waals surface area contributed by atoms with Gasteiger partial charge < -0.3 is 9.47 Å². The molecule has 0 aliphatic rings. The van der Waals surface area contributed by atoms with Crippen molar-refractivity contribution in [3.8, 4) is 0 Å². The Bertz CT molecular complexity index is 238. The molecule has 4 nitrogen and oxygen atoms in total. The SMILES string of the molecule is CCCCOCC(CCCC)OC(=O)CC(C)=O. The Balaban J connectivity index is 3.96. The Morgan fingerprint density at radius 2 is 1.78 bits per heavy atom. The largest absolute Gasteiger partial charge is 0.460 e. The molecule has 106 valence electrons. The Labute approximate surface area is 110 Å². The van der Waals surface area contributed by atoms with Crippen LogP contribution in [-0.2, 0) is 19.1 Å². The molecule has 0 saturated carbocycles. The van der Waals surface area contributed by atoms with Gasteiger partial charge in [0, 0.05) is 6.61 Å². The van der Waals surface area contributed by atoms with Gasteiger partial charge >= 0.3 is 5.97 Å². The van der Waals surface area contributed by atoms with E-state index in [1.54, 1.807) is 0 Å². The van der Waals surface area contributed by atoms with E-state index in [1.165, 1.54) is 6.92 Å². The van der Waals surface area contributed by atoms with E-state index in [0.29, 0.717) is 13.2 Å². The normalized spacial score (nSPS) is 12.2. The molecule has 0 heterocycles. The van der Waals surface area contributed by atoms with Gasteiger partial charge in [0.2, 0.25) is 0 Å². The summed E-state index contributed by atoms with van der Waals surface area (Å²) in [5.74, 6) is -0.608. The summed E-state index contributed by atoms with van der Waals surface area (Å²) in [5.41, 5.74) is 0. The van der Waals surface area contributed by atoms with Crippen molar-refractivity contribution in [3.05, 3.63) is 0 Å². The minimum absolute atomic E-state index is 0.141. The van der Waals surface area contributed by atoms with E-state index in [0.717, 1.165) is 32.1 Å². The fourth-order valence-electron chi connectivity index (χ4n) is 1.50. The molecule has 0 aliphatic carbocycles. The van der Waals surface area contributed by atoms with Crippen LogP contribution in [0.4, 0.5) is 0 Å². The van der Waals surface area contributed by atoms with Gasteiger partial charge in [-0.05, 0) is 26.2 Å². The molecule has 4 heteroatoms. The molecule has 0 aromatic carbocycles. The van der Waals surface area contributed by atoms with Crippen LogP contribution in [0.25, 0.3) is 0 Å². The maximum atomic E-state index is 11.4. The van der Waals surface area contributed by atoms with Gasteiger partial charge in [0.25, 0.3) is 0 Å². The Kier molecular flexibility index (Phi) is 10.6. The van der Waals surface area contributed by atoms with Gasteiger partial charge in [-0.15, -0.1) is 0 Å². The minimum atomic E-state index is -0.442.